The number of nitrogens with one attached hydrogen (secondary N) is 1. The van der Waals surface area contributed by atoms with Gasteiger partial charge in [-0.3, -0.25) is 34.6 Å². The predicted molar refractivity (Wildman–Crippen MR) is 134 cm³/mol. The number of nitro benzene ring substituents is 1. The summed E-state index contributed by atoms with van der Waals surface area (Å²) in [6.45, 7) is 0. The van der Waals surface area contributed by atoms with E-state index < -0.39 is 57.4 Å². The van der Waals surface area contributed by atoms with Gasteiger partial charge in [0.05, 0.1) is 29.9 Å². The van der Waals surface area contributed by atoms with E-state index in [0.717, 1.165) is 16.5 Å². The van der Waals surface area contributed by atoms with Gasteiger partial charge in [-0.15, -0.1) is 0 Å². The zero-order chi connectivity index (χ0) is 26.8. The standard InChI is InChI=1S/C28H21N3O7/c1-38-16-11-12-20(21(14-16)31(36)37)30-26(34)22-19(13-15-7-3-2-4-8-15)29-28(23(22)27(30)35)24(32)17-9-5-6-10-18(17)25(28)33/h2-12,14,19,22-23,29H,13H2,1H3/t19-,22-,23-/m1/s1. The molecule has 1 spiro atoms. The van der Waals surface area contributed by atoms with Crippen LogP contribution in [0.25, 0.3) is 0 Å². The average molecular weight is 511 g/mol. The maximum Gasteiger partial charge on any atom is 0.297 e. The smallest absolute Gasteiger partial charge is 0.297 e. The molecule has 0 saturated carbocycles. The number of nitro groups is 1. The third-order valence-electron chi connectivity index (χ3n) is 7.72. The normalized spacial score (nSPS) is 23.2. The van der Waals surface area contributed by atoms with Gasteiger partial charge in [-0.2, -0.15) is 0 Å². The third-order valence-corrected chi connectivity index (χ3v) is 7.72. The summed E-state index contributed by atoms with van der Waals surface area (Å²) in [5.74, 6) is -4.95. The molecule has 3 aromatic rings. The van der Waals surface area contributed by atoms with Crippen LogP contribution in [-0.2, 0) is 16.0 Å². The Morgan fingerprint density at radius 3 is 2.16 bits per heavy atom. The molecule has 10 nitrogen and oxygen atoms in total. The van der Waals surface area contributed by atoms with Gasteiger partial charge < -0.3 is 4.74 Å². The summed E-state index contributed by atoms with van der Waals surface area (Å²) < 4.78 is 5.08. The number of amides is 2. The van der Waals surface area contributed by atoms with E-state index in [1.807, 2.05) is 30.3 Å². The zero-order valence-electron chi connectivity index (χ0n) is 20.1. The first-order valence-electron chi connectivity index (χ1n) is 12.0. The SMILES string of the molecule is COc1ccc(N2C(=O)[C@@H]3[C@@H](Cc4ccccc4)NC4(C(=O)c5ccccc5C4=O)[C@H]3C2=O)c([N+](=O)[O-])c1. The summed E-state index contributed by atoms with van der Waals surface area (Å²) in [4.78, 5) is 67.6. The van der Waals surface area contributed by atoms with Gasteiger partial charge in [0.15, 0.2) is 17.1 Å². The van der Waals surface area contributed by atoms with E-state index in [4.69, 9.17) is 4.74 Å². The number of imide groups is 1. The number of hydrogen-bond donors (Lipinski definition) is 1. The largest absolute Gasteiger partial charge is 0.496 e. The first kappa shape index (κ1) is 23.7. The number of rotatable bonds is 5. The molecule has 6 rings (SSSR count). The van der Waals surface area contributed by atoms with E-state index >= 15 is 0 Å². The van der Waals surface area contributed by atoms with Crippen molar-refractivity contribution in [2.24, 2.45) is 11.8 Å². The van der Waals surface area contributed by atoms with Gasteiger partial charge >= 0.3 is 0 Å². The van der Waals surface area contributed by atoms with Crippen molar-refractivity contribution in [1.82, 2.24) is 5.32 Å². The van der Waals surface area contributed by atoms with E-state index in [1.165, 1.54) is 31.4 Å². The van der Waals surface area contributed by atoms with Crippen molar-refractivity contribution >= 4 is 34.8 Å². The lowest BCUT2D eigenvalue weighted by Crippen LogP contribution is -2.59. The van der Waals surface area contributed by atoms with Crippen LogP contribution < -0.4 is 15.0 Å². The molecule has 0 radical (unpaired) electrons. The molecular weight excluding hydrogens is 490 g/mol. The Bertz CT molecular complexity index is 1520. The average Bonchev–Trinajstić information content (AvgIpc) is 3.48. The van der Waals surface area contributed by atoms with E-state index in [1.54, 1.807) is 12.1 Å². The Balaban J connectivity index is 1.51. The number of anilines is 1. The van der Waals surface area contributed by atoms with Crippen LogP contribution in [0.3, 0.4) is 0 Å². The quantitative estimate of drug-likeness (QED) is 0.239. The van der Waals surface area contributed by atoms with Crippen molar-refractivity contribution in [2.45, 2.75) is 18.0 Å². The van der Waals surface area contributed by atoms with Gasteiger partial charge in [0.1, 0.15) is 11.4 Å². The summed E-state index contributed by atoms with van der Waals surface area (Å²) in [7, 11) is 1.34. The second-order valence-corrected chi connectivity index (χ2v) is 9.58. The number of carbonyl (C=O) groups excluding carboxylic acids is 4. The van der Waals surface area contributed by atoms with Gasteiger partial charge in [0.25, 0.3) is 5.69 Å². The van der Waals surface area contributed by atoms with Crippen molar-refractivity contribution in [3.63, 3.8) is 0 Å². The van der Waals surface area contributed by atoms with E-state index in [0.29, 0.717) is 0 Å². The van der Waals surface area contributed by atoms with Crippen molar-refractivity contribution < 1.29 is 28.8 Å². The Labute approximate surface area is 216 Å². The molecule has 190 valence electrons. The Hall–Kier alpha value is -4.70. The van der Waals surface area contributed by atoms with Gasteiger partial charge in [-0.25, -0.2) is 4.90 Å². The molecule has 0 unspecified atom stereocenters. The molecule has 3 atom stereocenters. The Kier molecular flexibility index (Phi) is 5.25. The van der Waals surface area contributed by atoms with E-state index in [9.17, 15) is 29.3 Å². The first-order chi connectivity index (χ1) is 18.3. The number of hydrogen-bond acceptors (Lipinski definition) is 8. The summed E-state index contributed by atoms with van der Waals surface area (Å²) in [5.41, 5.74) is -1.51. The van der Waals surface area contributed by atoms with Crippen molar-refractivity contribution in [3.05, 3.63) is 99.6 Å². The highest BCUT2D eigenvalue weighted by molar-refractivity contribution is 6.38. The molecule has 2 heterocycles. The van der Waals surface area contributed by atoms with E-state index in [-0.39, 0.29) is 29.0 Å². The molecule has 3 aliphatic rings. The molecule has 2 saturated heterocycles. The fourth-order valence-electron chi connectivity index (χ4n) is 6.09. The Morgan fingerprint density at radius 1 is 0.921 bits per heavy atom. The predicted octanol–water partition coefficient (Wildman–Crippen LogP) is 2.74. The van der Waals surface area contributed by atoms with Crippen LogP contribution in [0.5, 0.6) is 5.75 Å². The molecule has 2 aliphatic heterocycles. The van der Waals surface area contributed by atoms with Crippen molar-refractivity contribution in [1.29, 1.82) is 0 Å². The third kappa shape index (κ3) is 3.10. The lowest BCUT2D eigenvalue weighted by molar-refractivity contribution is -0.384. The van der Waals surface area contributed by atoms with Crippen LogP contribution in [0.15, 0.2) is 72.8 Å². The molecule has 2 fully saturated rings. The van der Waals surface area contributed by atoms with Gasteiger partial charge in [-0.1, -0.05) is 54.6 Å². The molecule has 10 heteroatoms. The van der Waals surface area contributed by atoms with Gasteiger partial charge in [0, 0.05) is 17.2 Å². The molecule has 0 bridgehead atoms. The maximum absolute atomic E-state index is 14.0. The second kappa shape index (κ2) is 8.42. The molecule has 38 heavy (non-hydrogen) atoms. The summed E-state index contributed by atoms with van der Waals surface area (Å²) >= 11 is 0. The molecule has 1 aliphatic carbocycles. The molecule has 0 aromatic heterocycles. The van der Waals surface area contributed by atoms with Crippen molar-refractivity contribution in [2.75, 3.05) is 12.0 Å². The van der Waals surface area contributed by atoms with Crippen LogP contribution in [0.1, 0.15) is 26.3 Å². The number of fused-ring (bicyclic) bond motifs is 3. The summed E-state index contributed by atoms with van der Waals surface area (Å²) in [6, 6.07) is 18.6. The Morgan fingerprint density at radius 2 is 1.55 bits per heavy atom. The lowest BCUT2D eigenvalue weighted by Gasteiger charge is -2.28. The van der Waals surface area contributed by atoms with Gasteiger partial charge in [0.2, 0.25) is 11.8 Å². The minimum atomic E-state index is -1.98. The maximum atomic E-state index is 14.0. The molecule has 3 aromatic carbocycles. The number of methoxy groups -OCH3 is 1. The van der Waals surface area contributed by atoms with Crippen LogP contribution in [0, 0.1) is 22.0 Å². The first-order valence-corrected chi connectivity index (χ1v) is 12.0. The van der Waals surface area contributed by atoms with E-state index in [2.05, 4.69) is 5.32 Å². The van der Waals surface area contributed by atoms with Crippen LogP contribution >= 0.6 is 0 Å². The number of nitrogens with zero attached hydrogens (tertiary/aromatic N) is 2. The fourth-order valence-corrected chi connectivity index (χ4v) is 6.09. The van der Waals surface area contributed by atoms with Crippen molar-refractivity contribution in [3.8, 4) is 5.75 Å². The monoisotopic (exact) mass is 511 g/mol. The number of benzene rings is 3. The van der Waals surface area contributed by atoms with Crippen LogP contribution in [0.2, 0.25) is 0 Å². The highest BCUT2D eigenvalue weighted by Gasteiger charge is 2.73. The summed E-state index contributed by atoms with van der Waals surface area (Å²) in [6.07, 6.45) is 0.262. The minimum absolute atomic E-state index is 0.177. The topological polar surface area (TPSA) is 136 Å². The fraction of sp³-hybridized carbons (Fsp3) is 0.214. The number of ketones is 2. The minimum Gasteiger partial charge on any atom is -0.496 e. The van der Waals surface area contributed by atoms with Gasteiger partial charge in [-0.05, 0) is 24.1 Å². The molecule has 1 N–H and O–H groups in total. The molecule has 2 amide bonds. The zero-order valence-corrected chi connectivity index (χ0v) is 20.1. The van der Waals surface area contributed by atoms with Crippen LogP contribution in [0.4, 0.5) is 11.4 Å². The second-order valence-electron chi connectivity index (χ2n) is 9.58. The number of ether oxygens (including phenoxy) is 1. The number of Topliss-reactive ketones (excluding diaryl/α,β-unsaturated/α-hetero) is 2. The van der Waals surface area contributed by atoms with Crippen LogP contribution in [-0.4, -0.2) is 47.0 Å². The number of carbonyl (C=O) groups is 4. The lowest BCUT2D eigenvalue weighted by atomic mass is 9.76. The highest BCUT2D eigenvalue weighted by Crippen LogP contribution is 2.51. The summed E-state index contributed by atoms with van der Waals surface area (Å²) in [5, 5.41) is 15.0. The highest BCUT2D eigenvalue weighted by atomic mass is 16.6. The molecular formula is C28H21N3O7.